The number of carbonyl (C=O) groups excluding carboxylic acids is 1. The lowest BCUT2D eigenvalue weighted by molar-refractivity contribution is -0.931. The number of benzene rings is 3. The molecule has 1 fully saturated rings. The lowest BCUT2D eigenvalue weighted by Crippen LogP contribution is -3.15. The largest absolute Gasteiger partial charge is 0.378 e. The molecule has 0 aliphatic carbocycles. The number of quaternary nitrogens is 1. The van der Waals surface area contributed by atoms with Crippen LogP contribution in [0, 0.1) is 0 Å². The van der Waals surface area contributed by atoms with Crippen molar-refractivity contribution in [1.29, 1.82) is 0 Å². The molecule has 1 aliphatic rings. The van der Waals surface area contributed by atoms with Crippen LogP contribution in [-0.4, -0.2) is 52.7 Å². The average molecular weight is 430 g/mol. The van der Waals surface area contributed by atoms with E-state index in [0.29, 0.717) is 12.1 Å². The molecule has 1 saturated heterocycles. The van der Waals surface area contributed by atoms with E-state index in [1.807, 2.05) is 30.3 Å². The first-order valence-electron chi connectivity index (χ1n) is 11.4. The number of carbonyl (C=O) groups is 1. The molecule has 3 aromatic carbocycles. The lowest BCUT2D eigenvalue weighted by atomic mass is 10.0. The highest BCUT2D eigenvalue weighted by atomic mass is 16.1. The van der Waals surface area contributed by atoms with Gasteiger partial charge in [-0.3, -0.25) is 4.79 Å². The van der Waals surface area contributed by atoms with E-state index in [2.05, 4.69) is 83.8 Å². The smallest absolute Gasteiger partial charge is 0.251 e. The van der Waals surface area contributed by atoms with Gasteiger partial charge in [0.2, 0.25) is 0 Å². The molecule has 5 nitrogen and oxygen atoms in total. The Hall–Kier alpha value is -3.31. The van der Waals surface area contributed by atoms with Crippen LogP contribution in [0.1, 0.15) is 22.0 Å². The molecular weight excluding hydrogens is 396 g/mol. The Morgan fingerprint density at radius 1 is 0.906 bits per heavy atom. The van der Waals surface area contributed by atoms with E-state index in [1.54, 1.807) is 0 Å². The second-order valence-electron chi connectivity index (χ2n) is 8.60. The third-order valence-electron chi connectivity index (χ3n) is 6.33. The molecular formula is C27H33N4O+. The maximum absolute atomic E-state index is 12.7. The van der Waals surface area contributed by atoms with Crippen molar-refractivity contribution in [1.82, 2.24) is 5.32 Å². The van der Waals surface area contributed by atoms with Gasteiger partial charge in [-0.25, -0.2) is 0 Å². The standard InChI is InChI=1S/C27H32N4O/c1-29(2)24-15-13-22(14-16-24)26(21-28-27(32)23-9-5-3-6-10-23)31-19-17-30(18-20-31)25-11-7-4-8-12-25/h3-16,26H,17-21H2,1-2H3,(H,28,32)/p+1/t26-/m1/s1. The first kappa shape index (κ1) is 21.9. The minimum atomic E-state index is -0.0113. The van der Waals surface area contributed by atoms with Gasteiger partial charge in [0.15, 0.2) is 0 Å². The van der Waals surface area contributed by atoms with Gasteiger partial charge in [0, 0.05) is 36.6 Å². The Kier molecular flexibility index (Phi) is 7.07. The van der Waals surface area contributed by atoms with Gasteiger partial charge in [-0.15, -0.1) is 0 Å². The van der Waals surface area contributed by atoms with Gasteiger partial charge < -0.3 is 20.0 Å². The molecule has 1 amide bonds. The summed E-state index contributed by atoms with van der Waals surface area (Å²) in [7, 11) is 4.11. The Morgan fingerprint density at radius 2 is 1.50 bits per heavy atom. The van der Waals surface area contributed by atoms with Crippen LogP contribution in [0.3, 0.4) is 0 Å². The molecule has 5 heteroatoms. The summed E-state index contributed by atoms with van der Waals surface area (Å²) in [5.41, 5.74) is 4.45. The molecule has 0 bridgehead atoms. The zero-order valence-electron chi connectivity index (χ0n) is 19.0. The molecule has 4 rings (SSSR count). The van der Waals surface area contributed by atoms with Crippen LogP contribution in [0.5, 0.6) is 0 Å². The van der Waals surface area contributed by atoms with Crippen LogP contribution < -0.4 is 20.0 Å². The highest BCUT2D eigenvalue weighted by Crippen LogP contribution is 2.18. The maximum Gasteiger partial charge on any atom is 0.251 e. The molecule has 0 spiro atoms. The van der Waals surface area contributed by atoms with Crippen molar-refractivity contribution in [2.45, 2.75) is 6.04 Å². The highest BCUT2D eigenvalue weighted by molar-refractivity contribution is 5.94. The van der Waals surface area contributed by atoms with E-state index < -0.39 is 0 Å². The predicted octanol–water partition coefficient (Wildman–Crippen LogP) is 2.63. The van der Waals surface area contributed by atoms with Crippen molar-refractivity contribution in [2.75, 3.05) is 56.6 Å². The molecule has 1 atom stereocenters. The first-order valence-corrected chi connectivity index (χ1v) is 11.4. The van der Waals surface area contributed by atoms with E-state index in [4.69, 9.17) is 0 Å². The molecule has 0 unspecified atom stereocenters. The zero-order chi connectivity index (χ0) is 22.3. The van der Waals surface area contributed by atoms with Crippen LogP contribution in [0.4, 0.5) is 11.4 Å². The van der Waals surface area contributed by atoms with Gasteiger partial charge in [-0.1, -0.05) is 48.5 Å². The Balaban J connectivity index is 1.48. The van der Waals surface area contributed by atoms with Crippen molar-refractivity contribution in [3.8, 4) is 0 Å². The van der Waals surface area contributed by atoms with E-state index >= 15 is 0 Å². The van der Waals surface area contributed by atoms with E-state index in [1.165, 1.54) is 21.8 Å². The van der Waals surface area contributed by atoms with Crippen molar-refractivity contribution in [3.63, 3.8) is 0 Å². The fourth-order valence-corrected chi connectivity index (χ4v) is 4.43. The summed E-state index contributed by atoms with van der Waals surface area (Å²) < 4.78 is 0. The summed E-state index contributed by atoms with van der Waals surface area (Å²) in [4.78, 5) is 18.8. The number of hydrogen-bond donors (Lipinski definition) is 2. The topological polar surface area (TPSA) is 40.0 Å². The van der Waals surface area contributed by atoms with Gasteiger partial charge in [0.1, 0.15) is 6.04 Å². The minimum absolute atomic E-state index is 0.0113. The van der Waals surface area contributed by atoms with Gasteiger partial charge in [0.05, 0.1) is 32.7 Å². The summed E-state index contributed by atoms with van der Waals surface area (Å²) in [6.45, 7) is 4.72. The lowest BCUT2D eigenvalue weighted by Gasteiger charge is -2.38. The van der Waals surface area contributed by atoms with Crippen LogP contribution in [0.15, 0.2) is 84.9 Å². The van der Waals surface area contributed by atoms with Crippen molar-refractivity contribution in [2.24, 2.45) is 0 Å². The molecule has 32 heavy (non-hydrogen) atoms. The third kappa shape index (κ3) is 5.29. The quantitative estimate of drug-likeness (QED) is 0.607. The summed E-state index contributed by atoms with van der Waals surface area (Å²) in [5, 5.41) is 3.19. The van der Waals surface area contributed by atoms with Crippen molar-refractivity contribution < 1.29 is 9.69 Å². The Labute approximate surface area is 191 Å². The normalized spacial score (nSPS) is 15.2. The molecule has 0 aromatic heterocycles. The number of para-hydroxylation sites is 1. The number of rotatable bonds is 7. The average Bonchev–Trinajstić information content (AvgIpc) is 2.86. The van der Waals surface area contributed by atoms with E-state index in [0.717, 1.165) is 26.2 Å². The number of anilines is 2. The summed E-state index contributed by atoms with van der Waals surface area (Å²) in [6.07, 6.45) is 0. The van der Waals surface area contributed by atoms with Gasteiger partial charge in [-0.05, 0) is 36.4 Å². The van der Waals surface area contributed by atoms with Crippen molar-refractivity contribution in [3.05, 3.63) is 96.1 Å². The zero-order valence-corrected chi connectivity index (χ0v) is 19.0. The van der Waals surface area contributed by atoms with E-state index in [9.17, 15) is 4.79 Å². The van der Waals surface area contributed by atoms with E-state index in [-0.39, 0.29) is 11.9 Å². The number of amides is 1. The fourth-order valence-electron chi connectivity index (χ4n) is 4.43. The molecule has 2 N–H and O–H groups in total. The SMILES string of the molecule is CN(C)c1ccc([C@@H](CNC(=O)c2ccccc2)[NH+]2CCN(c3ccccc3)CC2)cc1. The third-order valence-corrected chi connectivity index (χ3v) is 6.33. The van der Waals surface area contributed by atoms with Gasteiger partial charge in [-0.2, -0.15) is 0 Å². The molecule has 3 aromatic rings. The Bertz CT molecular complexity index is 981. The van der Waals surface area contributed by atoms with Crippen LogP contribution in [0.2, 0.25) is 0 Å². The minimum Gasteiger partial charge on any atom is -0.378 e. The summed E-state index contributed by atoms with van der Waals surface area (Å²) >= 11 is 0. The summed E-state index contributed by atoms with van der Waals surface area (Å²) in [6, 6.07) is 29.1. The second-order valence-corrected chi connectivity index (χ2v) is 8.60. The molecule has 0 radical (unpaired) electrons. The highest BCUT2D eigenvalue weighted by Gasteiger charge is 2.29. The van der Waals surface area contributed by atoms with Crippen molar-refractivity contribution >= 4 is 17.3 Å². The van der Waals surface area contributed by atoms with Crippen LogP contribution in [0.25, 0.3) is 0 Å². The monoisotopic (exact) mass is 429 g/mol. The van der Waals surface area contributed by atoms with Gasteiger partial charge in [0.25, 0.3) is 5.91 Å². The number of piperazine rings is 1. The Morgan fingerprint density at radius 3 is 2.09 bits per heavy atom. The molecule has 166 valence electrons. The molecule has 1 heterocycles. The second kappa shape index (κ2) is 10.3. The maximum atomic E-state index is 12.7. The van der Waals surface area contributed by atoms with Crippen LogP contribution >= 0.6 is 0 Å². The van der Waals surface area contributed by atoms with Crippen LogP contribution in [-0.2, 0) is 0 Å². The number of nitrogens with one attached hydrogen (secondary N) is 2. The van der Waals surface area contributed by atoms with Gasteiger partial charge >= 0.3 is 0 Å². The fraction of sp³-hybridized carbons (Fsp3) is 0.296. The number of nitrogens with zero attached hydrogens (tertiary/aromatic N) is 2. The number of hydrogen-bond acceptors (Lipinski definition) is 3. The molecule has 0 saturated carbocycles. The predicted molar refractivity (Wildman–Crippen MR) is 132 cm³/mol. The molecule has 1 aliphatic heterocycles. The first-order chi connectivity index (χ1) is 15.6. The summed E-state index contributed by atoms with van der Waals surface area (Å²) in [5.74, 6) is -0.0113.